The average molecular weight is 554 g/mol. The highest BCUT2D eigenvalue weighted by Gasteiger charge is 2.05. The molecule has 0 unspecified atom stereocenters. The second-order valence-corrected chi connectivity index (χ2v) is 12.4. The lowest BCUT2D eigenvalue weighted by Gasteiger charge is -2.23. The molecule has 0 aliphatic carbocycles. The number of quaternary nitrogens is 2. The molecule has 0 heterocycles. The van der Waals surface area contributed by atoms with Crippen molar-refractivity contribution in [3.05, 3.63) is 0 Å². The van der Waals surface area contributed by atoms with Crippen molar-refractivity contribution < 1.29 is 31.4 Å². The van der Waals surface area contributed by atoms with Crippen molar-refractivity contribution >= 4 is 0 Å². The van der Waals surface area contributed by atoms with Crippen LogP contribution in [0.4, 0.5) is 0 Å². The monoisotopic (exact) mass is 552 g/mol. The Bertz CT molecular complexity index is 317. The molecule has 4 heteroatoms. The minimum atomic E-state index is 0. The first-order valence-electron chi connectivity index (χ1n) is 14.7. The predicted octanol–water partition coefficient (Wildman–Crippen LogP) is 6.05. The summed E-state index contributed by atoms with van der Waals surface area (Å²) in [7, 11) is 13.7. The van der Waals surface area contributed by atoms with E-state index in [0.29, 0.717) is 0 Å². The summed E-state index contributed by atoms with van der Waals surface area (Å²) in [4.78, 5) is 0. The molecular weight excluding hydrogens is 484 g/mol. The summed E-state index contributed by atoms with van der Waals surface area (Å²) < 4.78 is 2.24. The van der Waals surface area contributed by atoms with Gasteiger partial charge in [0.1, 0.15) is 0 Å². The predicted molar refractivity (Wildman–Crippen MR) is 151 cm³/mol. The van der Waals surface area contributed by atoms with E-state index in [0.717, 1.165) is 8.97 Å². The normalized spacial score (nSPS) is 11.3. The maximum atomic E-state index is 2.29. The van der Waals surface area contributed by atoms with Crippen molar-refractivity contribution in [1.29, 1.82) is 0 Å². The Morgan fingerprint density at radius 1 is 0.324 bits per heavy atom. The minimum absolute atomic E-state index is 0. The first-order valence-corrected chi connectivity index (χ1v) is 14.7. The molecular formula is C30H69BrN2O. The smallest absolute Gasteiger partial charge is 0.0780 e. The van der Waals surface area contributed by atoms with Crippen LogP contribution in [-0.2, 0) is 0 Å². The SMILES string of the molecule is CCCCCCCCCCCC[N+](C)(C)C.CCCCCCCCCCCC[N+](C)(C)C.[Br-].[OH-]. The van der Waals surface area contributed by atoms with Gasteiger partial charge in [0.05, 0.1) is 55.4 Å². The Balaban J connectivity index is -0.000000250. The molecule has 0 aromatic heterocycles. The summed E-state index contributed by atoms with van der Waals surface area (Å²) in [5, 5.41) is 0. The van der Waals surface area contributed by atoms with E-state index in [9.17, 15) is 0 Å². The number of hydrogen-bond donors (Lipinski definition) is 0. The van der Waals surface area contributed by atoms with Gasteiger partial charge in [0.25, 0.3) is 0 Å². The molecule has 0 saturated heterocycles. The van der Waals surface area contributed by atoms with Gasteiger partial charge in [-0.15, -0.1) is 0 Å². The lowest BCUT2D eigenvalue weighted by molar-refractivity contribution is -0.870. The van der Waals surface area contributed by atoms with Gasteiger partial charge in [0.15, 0.2) is 0 Å². The highest BCUT2D eigenvalue weighted by molar-refractivity contribution is 4.48. The Hall–Kier alpha value is 0.360. The lowest BCUT2D eigenvalue weighted by atomic mass is 10.1. The average Bonchev–Trinajstić information content (AvgIpc) is 2.70. The molecule has 0 atom stereocenters. The maximum Gasteiger partial charge on any atom is 0.0780 e. The van der Waals surface area contributed by atoms with Gasteiger partial charge >= 0.3 is 0 Å². The Labute approximate surface area is 228 Å². The van der Waals surface area contributed by atoms with E-state index in [1.54, 1.807) is 0 Å². The molecule has 0 bridgehead atoms. The lowest BCUT2D eigenvalue weighted by Crippen LogP contribution is -3.00. The standard InChI is InChI=1S/2C15H34N.BrH.H2O/c2*1-5-6-7-8-9-10-11-12-13-14-15-16(2,3)4;;/h2*5-15H2,1-4H3;1H;1H2/q2*+1;;/p-2. The van der Waals surface area contributed by atoms with Crippen molar-refractivity contribution in [3.8, 4) is 0 Å². The molecule has 1 N–H and O–H groups in total. The molecule has 0 aromatic rings. The molecule has 0 spiro atoms. The van der Waals surface area contributed by atoms with Gasteiger partial charge in [0, 0.05) is 0 Å². The topological polar surface area (TPSA) is 30.0 Å². The van der Waals surface area contributed by atoms with Crippen LogP contribution in [0.3, 0.4) is 0 Å². The number of hydrogen-bond acceptors (Lipinski definition) is 1. The van der Waals surface area contributed by atoms with E-state index in [-0.39, 0.29) is 22.5 Å². The molecule has 0 radical (unpaired) electrons. The zero-order chi connectivity index (χ0) is 24.6. The molecule has 0 fully saturated rings. The van der Waals surface area contributed by atoms with E-state index in [1.165, 1.54) is 142 Å². The van der Waals surface area contributed by atoms with Crippen LogP contribution in [0, 0.1) is 0 Å². The molecule has 34 heavy (non-hydrogen) atoms. The minimum Gasteiger partial charge on any atom is -1.00 e. The van der Waals surface area contributed by atoms with Gasteiger partial charge < -0.3 is 31.4 Å². The fourth-order valence-electron chi connectivity index (χ4n) is 4.15. The van der Waals surface area contributed by atoms with Gasteiger partial charge in [-0.2, -0.15) is 0 Å². The molecule has 212 valence electrons. The molecule has 0 saturated carbocycles. The Morgan fingerprint density at radius 3 is 0.676 bits per heavy atom. The molecule has 0 rings (SSSR count). The van der Waals surface area contributed by atoms with Gasteiger partial charge in [-0.05, 0) is 25.7 Å². The number of unbranched alkanes of at least 4 members (excludes halogenated alkanes) is 18. The molecule has 0 amide bonds. The number of nitrogens with zero attached hydrogens (tertiary/aromatic N) is 2. The number of rotatable bonds is 22. The highest BCUT2D eigenvalue weighted by Crippen LogP contribution is 2.12. The third-order valence-electron chi connectivity index (χ3n) is 6.36. The summed E-state index contributed by atoms with van der Waals surface area (Å²) in [6.45, 7) is 7.23. The zero-order valence-corrected chi connectivity index (χ0v) is 26.9. The summed E-state index contributed by atoms with van der Waals surface area (Å²) in [6, 6.07) is 0. The molecule has 0 aromatic carbocycles. The van der Waals surface area contributed by atoms with Crippen LogP contribution in [0.1, 0.15) is 142 Å². The van der Waals surface area contributed by atoms with Crippen LogP contribution in [0.15, 0.2) is 0 Å². The van der Waals surface area contributed by atoms with Gasteiger partial charge in [-0.1, -0.05) is 117 Å². The van der Waals surface area contributed by atoms with Crippen molar-refractivity contribution in [2.45, 2.75) is 142 Å². The van der Waals surface area contributed by atoms with Gasteiger partial charge in [0.2, 0.25) is 0 Å². The van der Waals surface area contributed by atoms with Crippen molar-refractivity contribution in [2.75, 3.05) is 55.4 Å². The Kier molecular flexibility index (Phi) is 36.1. The third kappa shape index (κ3) is 45.8. The van der Waals surface area contributed by atoms with Crippen LogP contribution in [0.25, 0.3) is 0 Å². The van der Waals surface area contributed by atoms with Crippen LogP contribution in [0.5, 0.6) is 0 Å². The fraction of sp³-hybridized carbons (Fsp3) is 1.00. The van der Waals surface area contributed by atoms with E-state index in [1.807, 2.05) is 0 Å². The second kappa shape index (κ2) is 29.6. The van der Waals surface area contributed by atoms with Crippen LogP contribution >= 0.6 is 0 Å². The molecule has 0 aliphatic rings. The number of halogens is 1. The van der Waals surface area contributed by atoms with Crippen molar-refractivity contribution in [2.24, 2.45) is 0 Å². The summed E-state index contributed by atoms with van der Waals surface area (Å²) >= 11 is 0. The Morgan fingerprint density at radius 2 is 0.500 bits per heavy atom. The van der Waals surface area contributed by atoms with Crippen LogP contribution < -0.4 is 17.0 Å². The fourth-order valence-corrected chi connectivity index (χ4v) is 4.15. The van der Waals surface area contributed by atoms with Gasteiger partial charge in [-0.3, -0.25) is 0 Å². The van der Waals surface area contributed by atoms with Crippen molar-refractivity contribution in [1.82, 2.24) is 0 Å². The van der Waals surface area contributed by atoms with E-state index in [2.05, 4.69) is 56.1 Å². The van der Waals surface area contributed by atoms with E-state index < -0.39 is 0 Å². The van der Waals surface area contributed by atoms with Gasteiger partial charge in [-0.25, -0.2) is 0 Å². The first-order chi connectivity index (χ1) is 15.1. The van der Waals surface area contributed by atoms with Crippen LogP contribution in [0.2, 0.25) is 0 Å². The van der Waals surface area contributed by atoms with E-state index in [4.69, 9.17) is 0 Å². The maximum absolute atomic E-state index is 2.29. The van der Waals surface area contributed by atoms with Crippen LogP contribution in [-0.4, -0.2) is 69.8 Å². The second-order valence-electron chi connectivity index (χ2n) is 12.4. The zero-order valence-electron chi connectivity index (χ0n) is 25.3. The van der Waals surface area contributed by atoms with Crippen molar-refractivity contribution in [3.63, 3.8) is 0 Å². The highest BCUT2D eigenvalue weighted by atomic mass is 79.9. The first kappa shape index (κ1) is 41.5. The largest absolute Gasteiger partial charge is 1.00 e. The third-order valence-corrected chi connectivity index (χ3v) is 6.36. The molecule has 0 aliphatic heterocycles. The summed E-state index contributed by atoms with van der Waals surface area (Å²) in [5.74, 6) is 0. The summed E-state index contributed by atoms with van der Waals surface area (Å²) in [6.07, 6.45) is 28.8. The molecule has 3 nitrogen and oxygen atoms in total. The van der Waals surface area contributed by atoms with E-state index >= 15 is 0 Å². The summed E-state index contributed by atoms with van der Waals surface area (Å²) in [5.41, 5.74) is 0. The quantitative estimate of drug-likeness (QED) is 0.119.